The first-order valence-electron chi connectivity index (χ1n) is 7.74. The number of ether oxygens (including phenoxy) is 1. The van der Waals surface area contributed by atoms with E-state index in [0.29, 0.717) is 25.4 Å². The minimum atomic E-state index is -0.0302. The summed E-state index contributed by atoms with van der Waals surface area (Å²) in [5.74, 6) is 0.0457. The normalized spacial score (nSPS) is 19.1. The predicted molar refractivity (Wildman–Crippen MR) is 88.7 cm³/mol. The van der Waals surface area contributed by atoms with Crippen molar-refractivity contribution in [1.82, 2.24) is 19.7 Å². The molecule has 1 N–H and O–H groups in total. The Kier molecular flexibility index (Phi) is 3.88. The van der Waals surface area contributed by atoms with Crippen molar-refractivity contribution in [2.75, 3.05) is 19.7 Å². The van der Waals surface area contributed by atoms with E-state index < -0.39 is 0 Å². The van der Waals surface area contributed by atoms with E-state index in [1.807, 2.05) is 39.4 Å². The van der Waals surface area contributed by atoms with E-state index in [2.05, 4.69) is 10.1 Å². The Morgan fingerprint density at radius 2 is 2.48 bits per heavy atom. The lowest BCUT2D eigenvalue weighted by atomic mass is 10.3. The zero-order chi connectivity index (χ0) is 15.6. The third-order valence-corrected chi connectivity index (χ3v) is 4.92. The van der Waals surface area contributed by atoms with E-state index in [0.717, 1.165) is 23.2 Å². The summed E-state index contributed by atoms with van der Waals surface area (Å²) in [7, 11) is 0. The van der Waals surface area contributed by atoms with Crippen molar-refractivity contribution in [3.05, 3.63) is 41.7 Å². The number of aromatic amines is 1. The number of nitrogens with one attached hydrogen (secondary N) is 1. The number of H-pyrrole nitrogens is 1. The Bertz CT molecular complexity index is 764. The maximum atomic E-state index is 12.8. The first-order chi connectivity index (χ1) is 11.3. The van der Waals surface area contributed by atoms with Crippen molar-refractivity contribution < 1.29 is 9.53 Å². The van der Waals surface area contributed by atoms with Gasteiger partial charge in [0, 0.05) is 32.1 Å². The molecule has 0 aromatic carbocycles. The molecule has 0 aliphatic carbocycles. The zero-order valence-electron chi connectivity index (χ0n) is 12.6. The highest BCUT2D eigenvalue weighted by Crippen LogP contribution is 2.22. The molecule has 1 fully saturated rings. The minimum absolute atomic E-state index is 0.0302. The summed E-state index contributed by atoms with van der Waals surface area (Å²) in [5.41, 5.74) is 1.68. The molecule has 4 heterocycles. The summed E-state index contributed by atoms with van der Waals surface area (Å²) >= 11 is 1.64. The summed E-state index contributed by atoms with van der Waals surface area (Å²) in [5, 5.41) is 6.24. The minimum Gasteiger partial charge on any atom is -0.374 e. The Morgan fingerprint density at radius 3 is 3.30 bits per heavy atom. The van der Waals surface area contributed by atoms with Crippen LogP contribution in [0.5, 0.6) is 0 Å². The fraction of sp³-hybridized carbons (Fsp3) is 0.375. The highest BCUT2D eigenvalue weighted by Gasteiger charge is 2.25. The van der Waals surface area contributed by atoms with Crippen LogP contribution in [0, 0.1) is 0 Å². The van der Waals surface area contributed by atoms with Gasteiger partial charge < -0.3 is 14.6 Å². The van der Waals surface area contributed by atoms with Gasteiger partial charge in [0.15, 0.2) is 0 Å². The van der Waals surface area contributed by atoms with Gasteiger partial charge in [0.25, 0.3) is 5.91 Å². The van der Waals surface area contributed by atoms with Gasteiger partial charge in [-0.25, -0.2) is 0 Å². The average molecular weight is 330 g/mol. The van der Waals surface area contributed by atoms with Crippen LogP contribution in [-0.4, -0.2) is 51.4 Å². The van der Waals surface area contributed by atoms with Crippen LogP contribution in [0.4, 0.5) is 0 Å². The molecule has 1 aliphatic rings. The Labute approximate surface area is 137 Å². The number of rotatable bonds is 3. The fourth-order valence-electron chi connectivity index (χ4n) is 2.94. The first-order valence-corrected chi connectivity index (χ1v) is 8.62. The quantitative estimate of drug-likeness (QED) is 0.802. The topological polar surface area (TPSA) is 63.1 Å². The maximum Gasteiger partial charge on any atom is 0.270 e. The first kappa shape index (κ1) is 14.5. The van der Waals surface area contributed by atoms with Crippen LogP contribution >= 0.6 is 11.3 Å². The molecule has 0 saturated carbocycles. The molecule has 0 unspecified atom stereocenters. The number of carbonyl (C=O) groups is 1. The van der Waals surface area contributed by atoms with Crippen LogP contribution in [0.1, 0.15) is 16.9 Å². The number of hydrogen-bond donors (Lipinski definition) is 1. The zero-order valence-corrected chi connectivity index (χ0v) is 13.5. The van der Waals surface area contributed by atoms with E-state index in [9.17, 15) is 4.79 Å². The van der Waals surface area contributed by atoms with E-state index in [4.69, 9.17) is 4.74 Å². The lowest BCUT2D eigenvalue weighted by Crippen LogP contribution is -2.38. The van der Waals surface area contributed by atoms with Gasteiger partial charge in [0.05, 0.1) is 22.9 Å². The Morgan fingerprint density at radius 1 is 1.52 bits per heavy atom. The number of nitrogens with zero attached hydrogens (tertiary/aromatic N) is 3. The van der Waals surface area contributed by atoms with Crippen molar-refractivity contribution in [2.24, 2.45) is 0 Å². The number of amides is 1. The van der Waals surface area contributed by atoms with E-state index in [1.54, 1.807) is 17.5 Å². The molecule has 4 rings (SSSR count). The van der Waals surface area contributed by atoms with Gasteiger partial charge in [0.2, 0.25) is 0 Å². The van der Waals surface area contributed by atoms with Crippen LogP contribution < -0.4 is 0 Å². The molecular weight excluding hydrogens is 312 g/mol. The van der Waals surface area contributed by atoms with Crippen molar-refractivity contribution in [1.29, 1.82) is 0 Å². The van der Waals surface area contributed by atoms with Crippen LogP contribution in [0.25, 0.3) is 10.2 Å². The fourth-order valence-corrected chi connectivity index (χ4v) is 3.72. The Hall–Kier alpha value is -2.12. The summed E-state index contributed by atoms with van der Waals surface area (Å²) in [6.07, 6.45) is 4.50. The second-order valence-corrected chi connectivity index (χ2v) is 6.65. The Balaban J connectivity index is 1.49. The molecule has 0 spiro atoms. The van der Waals surface area contributed by atoms with E-state index in [1.165, 1.54) is 0 Å². The molecule has 0 radical (unpaired) electrons. The maximum absolute atomic E-state index is 12.8. The number of thiophene rings is 1. The van der Waals surface area contributed by atoms with Gasteiger partial charge in [-0.3, -0.25) is 9.48 Å². The summed E-state index contributed by atoms with van der Waals surface area (Å²) in [6, 6.07) is 5.84. The molecule has 23 heavy (non-hydrogen) atoms. The highest BCUT2D eigenvalue weighted by atomic mass is 32.1. The molecule has 6 nitrogen and oxygen atoms in total. The molecule has 1 aliphatic heterocycles. The molecule has 1 atom stereocenters. The molecule has 3 aromatic heterocycles. The average Bonchev–Trinajstić information content (AvgIpc) is 3.22. The third-order valence-electron chi connectivity index (χ3n) is 4.06. The van der Waals surface area contributed by atoms with Crippen molar-refractivity contribution in [3.63, 3.8) is 0 Å². The summed E-state index contributed by atoms with van der Waals surface area (Å²) < 4.78 is 8.84. The van der Waals surface area contributed by atoms with Gasteiger partial charge in [-0.2, -0.15) is 5.10 Å². The molecule has 120 valence electrons. The predicted octanol–water partition coefficient (Wildman–Crippen LogP) is 2.36. The second-order valence-electron chi connectivity index (χ2n) is 5.71. The van der Waals surface area contributed by atoms with Gasteiger partial charge in [-0.15, -0.1) is 11.3 Å². The van der Waals surface area contributed by atoms with Gasteiger partial charge >= 0.3 is 0 Å². The van der Waals surface area contributed by atoms with Gasteiger partial charge in [-0.1, -0.05) is 0 Å². The molecule has 3 aromatic rings. The second kappa shape index (κ2) is 6.17. The molecule has 1 saturated heterocycles. The SMILES string of the molecule is O=C(c1cc2sccc2[nH]1)N1CCCO[C@@H](Cn2cccn2)C1. The molecular formula is C16H18N4O2S. The van der Waals surface area contributed by atoms with E-state index in [-0.39, 0.29) is 12.0 Å². The molecule has 7 heteroatoms. The number of carbonyl (C=O) groups excluding carboxylic acids is 1. The van der Waals surface area contributed by atoms with Crippen molar-refractivity contribution in [2.45, 2.75) is 19.1 Å². The monoisotopic (exact) mass is 330 g/mol. The molecule has 1 amide bonds. The van der Waals surface area contributed by atoms with Gasteiger partial charge in [0.1, 0.15) is 5.69 Å². The van der Waals surface area contributed by atoms with Crippen molar-refractivity contribution >= 4 is 27.5 Å². The number of fused-ring (bicyclic) bond motifs is 1. The molecule has 0 bridgehead atoms. The number of hydrogen-bond acceptors (Lipinski definition) is 4. The highest BCUT2D eigenvalue weighted by molar-refractivity contribution is 7.17. The van der Waals surface area contributed by atoms with Gasteiger partial charge in [-0.05, 0) is 30.0 Å². The largest absolute Gasteiger partial charge is 0.374 e. The summed E-state index contributed by atoms with van der Waals surface area (Å²) in [6.45, 7) is 2.65. The van der Waals surface area contributed by atoms with Crippen molar-refractivity contribution in [3.8, 4) is 0 Å². The van der Waals surface area contributed by atoms with Crippen LogP contribution in [0.15, 0.2) is 36.0 Å². The van der Waals surface area contributed by atoms with Crippen LogP contribution in [-0.2, 0) is 11.3 Å². The third kappa shape index (κ3) is 3.02. The lowest BCUT2D eigenvalue weighted by molar-refractivity contribution is 0.0366. The summed E-state index contributed by atoms with van der Waals surface area (Å²) in [4.78, 5) is 17.9. The van der Waals surface area contributed by atoms with E-state index >= 15 is 0 Å². The standard InChI is InChI=1S/C16H18N4O2S/c21-16(14-9-15-13(18-14)3-8-23-15)19-5-2-7-22-12(10-19)11-20-6-1-4-17-20/h1,3-4,6,8-9,12,18H,2,5,7,10-11H2/t12-/m1/s1. The lowest BCUT2D eigenvalue weighted by Gasteiger charge is -2.23. The van der Waals surface area contributed by atoms with Crippen LogP contribution in [0.2, 0.25) is 0 Å². The van der Waals surface area contributed by atoms with Crippen LogP contribution in [0.3, 0.4) is 0 Å². The smallest absolute Gasteiger partial charge is 0.270 e. The number of aromatic nitrogens is 3.